The Hall–Kier alpha value is -1.77. The summed E-state index contributed by atoms with van der Waals surface area (Å²) in [5.74, 6) is 1.29. The third kappa shape index (κ3) is 1.90. The highest BCUT2D eigenvalue weighted by Crippen LogP contribution is 2.40. The molecule has 3 nitrogen and oxygen atoms in total. The number of hydrogen-bond donors (Lipinski definition) is 1. The van der Waals surface area contributed by atoms with E-state index in [2.05, 4.69) is 47.7 Å². The highest BCUT2D eigenvalue weighted by atomic mass is 16.5. The van der Waals surface area contributed by atoms with Crippen LogP contribution in [0, 0.1) is 0 Å². The van der Waals surface area contributed by atoms with E-state index in [1.54, 1.807) is 0 Å². The fourth-order valence-electron chi connectivity index (χ4n) is 2.79. The van der Waals surface area contributed by atoms with E-state index in [0.717, 1.165) is 24.5 Å². The Balaban J connectivity index is 2.02. The summed E-state index contributed by atoms with van der Waals surface area (Å²) in [5, 5.41) is 7.50. The molecular formula is C15H18N2O. The van der Waals surface area contributed by atoms with Crippen LogP contribution in [0.1, 0.15) is 42.5 Å². The van der Waals surface area contributed by atoms with Gasteiger partial charge in [-0.2, -0.15) is 0 Å². The third-order valence-electron chi connectivity index (χ3n) is 3.60. The first-order valence-electron chi connectivity index (χ1n) is 6.67. The fraction of sp³-hybridized carbons (Fsp3) is 0.400. The van der Waals surface area contributed by atoms with Gasteiger partial charge < -0.3 is 9.84 Å². The molecule has 1 N–H and O–H groups in total. The number of hydrogen-bond acceptors (Lipinski definition) is 3. The van der Waals surface area contributed by atoms with Crippen LogP contribution in [0.2, 0.25) is 0 Å². The molecule has 2 aromatic rings. The van der Waals surface area contributed by atoms with E-state index in [9.17, 15) is 0 Å². The number of aromatic nitrogens is 1. The summed E-state index contributed by atoms with van der Waals surface area (Å²) < 4.78 is 5.45. The summed E-state index contributed by atoms with van der Waals surface area (Å²) in [6.07, 6.45) is 3.40. The normalized spacial score (nSPS) is 18.4. The second-order valence-electron chi connectivity index (χ2n) is 4.76. The molecule has 1 aliphatic rings. The maximum absolute atomic E-state index is 5.45. The van der Waals surface area contributed by atoms with Gasteiger partial charge in [-0.05, 0) is 31.7 Å². The van der Waals surface area contributed by atoms with Crippen LogP contribution in [0.4, 0.5) is 5.88 Å². The molecule has 1 heterocycles. The molecule has 1 aliphatic carbocycles. The topological polar surface area (TPSA) is 38.1 Å². The van der Waals surface area contributed by atoms with Crippen LogP contribution >= 0.6 is 0 Å². The smallest absolute Gasteiger partial charge is 0.228 e. The second kappa shape index (κ2) is 4.84. The molecule has 3 rings (SSSR count). The van der Waals surface area contributed by atoms with Crippen molar-refractivity contribution in [3.63, 3.8) is 0 Å². The first-order chi connectivity index (χ1) is 8.90. The molecule has 1 aromatic carbocycles. The molecule has 3 heteroatoms. The highest BCUT2D eigenvalue weighted by Gasteiger charge is 2.28. The maximum atomic E-state index is 5.45. The summed E-state index contributed by atoms with van der Waals surface area (Å²) in [6.45, 7) is 2.94. The van der Waals surface area contributed by atoms with E-state index in [1.165, 1.54) is 24.0 Å². The van der Waals surface area contributed by atoms with Gasteiger partial charge in [-0.1, -0.05) is 35.5 Å². The van der Waals surface area contributed by atoms with Gasteiger partial charge in [0.05, 0.1) is 5.69 Å². The minimum atomic E-state index is 0.426. The molecule has 18 heavy (non-hydrogen) atoms. The van der Waals surface area contributed by atoms with Crippen LogP contribution in [0.25, 0.3) is 0 Å². The van der Waals surface area contributed by atoms with Crippen molar-refractivity contribution in [1.29, 1.82) is 0 Å². The molecule has 0 amide bonds. The highest BCUT2D eigenvalue weighted by molar-refractivity contribution is 5.51. The average Bonchev–Trinajstić information content (AvgIpc) is 2.84. The Morgan fingerprint density at radius 2 is 2.17 bits per heavy atom. The molecule has 0 fully saturated rings. The molecule has 0 saturated heterocycles. The van der Waals surface area contributed by atoms with Crippen LogP contribution < -0.4 is 5.32 Å². The summed E-state index contributed by atoms with van der Waals surface area (Å²) in [7, 11) is 0. The van der Waals surface area contributed by atoms with Crippen LogP contribution in [-0.2, 0) is 6.42 Å². The van der Waals surface area contributed by atoms with E-state index in [-0.39, 0.29) is 0 Å². The van der Waals surface area contributed by atoms with E-state index in [4.69, 9.17) is 4.52 Å². The van der Waals surface area contributed by atoms with Crippen LogP contribution in [0.3, 0.4) is 0 Å². The van der Waals surface area contributed by atoms with Gasteiger partial charge in [-0.3, -0.25) is 0 Å². The van der Waals surface area contributed by atoms with Crippen molar-refractivity contribution >= 4 is 5.88 Å². The van der Waals surface area contributed by atoms with Gasteiger partial charge in [0.2, 0.25) is 5.88 Å². The number of benzene rings is 1. The number of nitrogens with zero attached hydrogens (tertiary/aromatic N) is 1. The quantitative estimate of drug-likeness (QED) is 0.894. The van der Waals surface area contributed by atoms with Crippen LogP contribution in [0.15, 0.2) is 34.9 Å². The molecule has 0 spiro atoms. The lowest BCUT2D eigenvalue weighted by molar-refractivity contribution is 0.423. The number of aryl methyl sites for hydroxylation is 1. The van der Waals surface area contributed by atoms with Crippen molar-refractivity contribution in [2.45, 2.75) is 32.1 Å². The van der Waals surface area contributed by atoms with Crippen molar-refractivity contribution < 1.29 is 4.52 Å². The van der Waals surface area contributed by atoms with Crippen molar-refractivity contribution in [3.8, 4) is 0 Å². The summed E-state index contributed by atoms with van der Waals surface area (Å²) in [4.78, 5) is 0. The third-order valence-corrected chi connectivity index (χ3v) is 3.60. The minimum absolute atomic E-state index is 0.426. The summed E-state index contributed by atoms with van der Waals surface area (Å²) in [6, 6.07) is 10.7. The van der Waals surface area contributed by atoms with Crippen molar-refractivity contribution in [2.75, 3.05) is 11.9 Å². The Bertz CT molecular complexity index is 519. The van der Waals surface area contributed by atoms with Crippen molar-refractivity contribution in [3.05, 3.63) is 47.2 Å². The molecule has 0 saturated carbocycles. The lowest BCUT2D eigenvalue weighted by atomic mass is 9.82. The standard InChI is InChI=1S/C15H18N2O/c1-2-16-15-14-12(11-7-4-3-5-8-11)9-6-10-13(14)17-18-15/h3-5,7-8,12,16H,2,6,9-10H2,1H3. The van der Waals surface area contributed by atoms with Gasteiger partial charge in [0.25, 0.3) is 0 Å². The molecule has 0 bridgehead atoms. The average molecular weight is 242 g/mol. The molecule has 1 aromatic heterocycles. The van der Waals surface area contributed by atoms with Gasteiger partial charge in [-0.15, -0.1) is 0 Å². The number of nitrogens with one attached hydrogen (secondary N) is 1. The molecule has 1 unspecified atom stereocenters. The lowest BCUT2D eigenvalue weighted by Crippen LogP contribution is -2.12. The molecule has 94 valence electrons. The first-order valence-corrected chi connectivity index (χ1v) is 6.67. The van der Waals surface area contributed by atoms with E-state index in [0.29, 0.717) is 5.92 Å². The van der Waals surface area contributed by atoms with Crippen LogP contribution in [-0.4, -0.2) is 11.7 Å². The van der Waals surface area contributed by atoms with E-state index < -0.39 is 0 Å². The Labute approximate surface area is 107 Å². The summed E-state index contributed by atoms with van der Waals surface area (Å²) >= 11 is 0. The van der Waals surface area contributed by atoms with E-state index >= 15 is 0 Å². The van der Waals surface area contributed by atoms with Gasteiger partial charge >= 0.3 is 0 Å². The van der Waals surface area contributed by atoms with Gasteiger partial charge in [0.1, 0.15) is 0 Å². The molecular weight excluding hydrogens is 224 g/mol. The number of anilines is 1. The maximum Gasteiger partial charge on any atom is 0.228 e. The van der Waals surface area contributed by atoms with Crippen molar-refractivity contribution in [2.24, 2.45) is 0 Å². The molecule has 0 radical (unpaired) electrons. The largest absolute Gasteiger partial charge is 0.354 e. The monoisotopic (exact) mass is 242 g/mol. The Morgan fingerprint density at radius 1 is 1.33 bits per heavy atom. The molecule has 0 aliphatic heterocycles. The Kier molecular flexibility index (Phi) is 3.05. The number of rotatable bonds is 3. The fourth-order valence-corrected chi connectivity index (χ4v) is 2.79. The Morgan fingerprint density at radius 3 is 2.94 bits per heavy atom. The zero-order valence-electron chi connectivity index (χ0n) is 10.6. The zero-order chi connectivity index (χ0) is 12.4. The van der Waals surface area contributed by atoms with E-state index in [1.807, 2.05) is 0 Å². The van der Waals surface area contributed by atoms with Gasteiger partial charge in [0.15, 0.2) is 0 Å². The number of fused-ring (bicyclic) bond motifs is 1. The molecule has 1 atom stereocenters. The van der Waals surface area contributed by atoms with Crippen LogP contribution in [0.5, 0.6) is 0 Å². The lowest BCUT2D eigenvalue weighted by Gasteiger charge is -2.22. The van der Waals surface area contributed by atoms with Crippen molar-refractivity contribution in [1.82, 2.24) is 5.16 Å². The van der Waals surface area contributed by atoms with Gasteiger partial charge in [0, 0.05) is 18.0 Å². The minimum Gasteiger partial charge on any atom is -0.354 e. The predicted octanol–water partition coefficient (Wildman–Crippen LogP) is 3.57. The predicted molar refractivity (Wildman–Crippen MR) is 71.9 cm³/mol. The zero-order valence-corrected chi connectivity index (χ0v) is 10.6. The SMILES string of the molecule is CCNc1onc2c1C(c1ccccc1)CCC2. The summed E-state index contributed by atoms with van der Waals surface area (Å²) in [5.41, 5.74) is 3.76. The van der Waals surface area contributed by atoms with Gasteiger partial charge in [-0.25, -0.2) is 0 Å². The second-order valence-corrected chi connectivity index (χ2v) is 4.76. The first kappa shape index (κ1) is 11.3.